The molecule has 11 aromatic rings. The molecule has 3 heteroatoms. The number of aromatic nitrogens is 3. The van der Waals surface area contributed by atoms with Gasteiger partial charge in [0.15, 0.2) is 17.5 Å². The highest BCUT2D eigenvalue weighted by Crippen LogP contribution is 2.58. The van der Waals surface area contributed by atoms with E-state index in [0.717, 1.165) is 22.3 Å². The van der Waals surface area contributed by atoms with Crippen molar-refractivity contribution in [3.05, 3.63) is 259 Å². The third kappa shape index (κ3) is 6.01. The van der Waals surface area contributed by atoms with Gasteiger partial charge < -0.3 is 0 Å². The first-order valence-electron chi connectivity index (χ1n) is 21.5. The summed E-state index contributed by atoms with van der Waals surface area (Å²) < 4.78 is 0. The first kappa shape index (κ1) is 36.6. The Bertz CT molecular complexity index is 3380. The van der Waals surface area contributed by atoms with Crippen molar-refractivity contribution in [2.45, 2.75) is 5.41 Å². The lowest BCUT2D eigenvalue weighted by Crippen LogP contribution is -2.28. The first-order chi connectivity index (χ1) is 31.2. The summed E-state index contributed by atoms with van der Waals surface area (Å²) in [5.41, 5.74) is 14.9. The average Bonchev–Trinajstić information content (AvgIpc) is 3.68. The smallest absolute Gasteiger partial charge is 0.164 e. The van der Waals surface area contributed by atoms with E-state index >= 15 is 0 Å². The SMILES string of the molecule is c1ccc(-c2nc(-c3ccccc3)nc(-c3ccc(-c4ccc(-c5ccc6c7c(ccc6c5)-c5ccccc5C7(c5ccccc5)c5ccccc5)c5ccccc45)cc3)n2)cc1. The molecule has 10 aromatic carbocycles. The van der Waals surface area contributed by atoms with Gasteiger partial charge in [0.25, 0.3) is 0 Å². The van der Waals surface area contributed by atoms with E-state index in [9.17, 15) is 0 Å². The molecule has 0 fully saturated rings. The van der Waals surface area contributed by atoms with Crippen molar-refractivity contribution in [2.75, 3.05) is 0 Å². The number of hydrogen-bond donors (Lipinski definition) is 0. The zero-order valence-electron chi connectivity index (χ0n) is 34.4. The second-order valence-electron chi connectivity index (χ2n) is 16.3. The molecule has 1 aromatic heterocycles. The molecule has 0 saturated heterocycles. The molecule has 0 saturated carbocycles. The van der Waals surface area contributed by atoms with Crippen molar-refractivity contribution in [2.24, 2.45) is 0 Å². The van der Waals surface area contributed by atoms with Crippen molar-refractivity contribution in [1.82, 2.24) is 15.0 Å². The van der Waals surface area contributed by atoms with Gasteiger partial charge in [-0.1, -0.05) is 231 Å². The molecule has 63 heavy (non-hydrogen) atoms. The van der Waals surface area contributed by atoms with Crippen LogP contribution in [0, 0.1) is 0 Å². The highest BCUT2D eigenvalue weighted by atomic mass is 15.0. The Morgan fingerprint density at radius 3 is 1.27 bits per heavy atom. The minimum atomic E-state index is -0.461. The Morgan fingerprint density at radius 1 is 0.270 bits per heavy atom. The van der Waals surface area contributed by atoms with Crippen LogP contribution in [-0.4, -0.2) is 15.0 Å². The number of nitrogens with zero attached hydrogens (tertiary/aromatic N) is 3. The molecule has 0 atom stereocenters. The van der Waals surface area contributed by atoms with Crippen LogP contribution < -0.4 is 0 Å². The fourth-order valence-corrected chi connectivity index (χ4v) is 9.99. The molecule has 0 bridgehead atoms. The summed E-state index contributed by atoms with van der Waals surface area (Å²) in [4.78, 5) is 14.8. The van der Waals surface area contributed by atoms with Crippen molar-refractivity contribution >= 4 is 21.5 Å². The van der Waals surface area contributed by atoms with Crippen LogP contribution >= 0.6 is 0 Å². The maximum atomic E-state index is 4.96. The van der Waals surface area contributed by atoms with E-state index in [-0.39, 0.29) is 0 Å². The monoisotopic (exact) mass is 801 g/mol. The van der Waals surface area contributed by atoms with Gasteiger partial charge in [0, 0.05) is 16.7 Å². The second-order valence-corrected chi connectivity index (χ2v) is 16.3. The predicted octanol–water partition coefficient (Wildman–Crippen LogP) is 14.9. The molecule has 294 valence electrons. The molecular weight excluding hydrogens is 763 g/mol. The second kappa shape index (κ2) is 15.0. The highest BCUT2D eigenvalue weighted by molar-refractivity contribution is 6.07. The van der Waals surface area contributed by atoms with E-state index in [1.807, 2.05) is 60.7 Å². The largest absolute Gasteiger partial charge is 0.208 e. The molecule has 1 heterocycles. The third-order valence-corrected chi connectivity index (χ3v) is 12.8. The first-order valence-corrected chi connectivity index (χ1v) is 21.5. The van der Waals surface area contributed by atoms with Crippen molar-refractivity contribution < 1.29 is 0 Å². The number of benzene rings is 10. The van der Waals surface area contributed by atoms with Gasteiger partial charge in [-0.3, -0.25) is 0 Å². The molecular formula is C60H39N3. The Morgan fingerprint density at radius 2 is 0.698 bits per heavy atom. The van der Waals surface area contributed by atoms with E-state index < -0.39 is 5.41 Å². The Labute approximate surface area is 366 Å². The van der Waals surface area contributed by atoms with Crippen LogP contribution in [0.15, 0.2) is 237 Å². The summed E-state index contributed by atoms with van der Waals surface area (Å²) in [6, 6.07) is 85.0. The Balaban J connectivity index is 0.954. The Hall–Kier alpha value is -8.27. The van der Waals surface area contributed by atoms with E-state index in [2.05, 4.69) is 176 Å². The molecule has 0 aliphatic heterocycles. The lowest BCUT2D eigenvalue weighted by molar-refractivity contribution is 0.775. The molecule has 0 unspecified atom stereocenters. The third-order valence-electron chi connectivity index (χ3n) is 12.8. The molecule has 1 aliphatic carbocycles. The lowest BCUT2D eigenvalue weighted by Gasteiger charge is -2.34. The summed E-state index contributed by atoms with van der Waals surface area (Å²) in [6.45, 7) is 0. The van der Waals surface area contributed by atoms with E-state index in [1.54, 1.807) is 0 Å². The fourth-order valence-electron chi connectivity index (χ4n) is 9.99. The molecule has 1 aliphatic rings. The van der Waals surface area contributed by atoms with Gasteiger partial charge in [0.1, 0.15) is 0 Å². The molecule has 0 radical (unpaired) electrons. The van der Waals surface area contributed by atoms with Crippen molar-refractivity contribution in [1.29, 1.82) is 0 Å². The van der Waals surface area contributed by atoms with Crippen LogP contribution in [0.25, 0.3) is 89.1 Å². The van der Waals surface area contributed by atoms with Crippen LogP contribution in [0.3, 0.4) is 0 Å². The standard InChI is InChI=1S/C60H39N3/c1-5-17-41(18-6-1)57-61-58(42-19-7-2-8-20-42)63-59(62-57)43-31-29-40(30-32-43)48-37-38-49(52-26-14-13-25-51(48)52)44-33-35-50-45(39-44)34-36-54-53-27-15-16-28-55(53)60(56(50)54,46-21-9-3-10-22-46)47-23-11-4-12-24-47/h1-39H. The maximum absolute atomic E-state index is 4.96. The summed E-state index contributed by atoms with van der Waals surface area (Å²) in [5, 5.41) is 4.92. The molecule has 3 nitrogen and oxygen atoms in total. The van der Waals surface area contributed by atoms with E-state index in [4.69, 9.17) is 15.0 Å². The van der Waals surface area contributed by atoms with E-state index in [0.29, 0.717) is 17.5 Å². The maximum Gasteiger partial charge on any atom is 0.164 e. The normalized spacial score (nSPS) is 12.6. The van der Waals surface area contributed by atoms with Crippen LogP contribution in [-0.2, 0) is 5.41 Å². The number of rotatable bonds is 7. The summed E-state index contributed by atoms with van der Waals surface area (Å²) in [5.74, 6) is 1.95. The number of hydrogen-bond acceptors (Lipinski definition) is 3. The van der Waals surface area contributed by atoms with Crippen LogP contribution in [0.2, 0.25) is 0 Å². The van der Waals surface area contributed by atoms with E-state index in [1.165, 1.54) is 71.6 Å². The van der Waals surface area contributed by atoms with Crippen LogP contribution in [0.4, 0.5) is 0 Å². The molecule has 12 rings (SSSR count). The van der Waals surface area contributed by atoms with Gasteiger partial charge in [0.05, 0.1) is 5.41 Å². The highest BCUT2D eigenvalue weighted by Gasteiger charge is 2.47. The minimum absolute atomic E-state index is 0.461. The predicted molar refractivity (Wildman–Crippen MR) is 259 cm³/mol. The minimum Gasteiger partial charge on any atom is -0.208 e. The molecule has 0 amide bonds. The zero-order valence-corrected chi connectivity index (χ0v) is 34.4. The number of fused-ring (bicyclic) bond motifs is 6. The van der Waals surface area contributed by atoms with Crippen LogP contribution in [0.5, 0.6) is 0 Å². The van der Waals surface area contributed by atoms with Crippen molar-refractivity contribution in [3.63, 3.8) is 0 Å². The molecule has 0 N–H and O–H groups in total. The zero-order chi connectivity index (χ0) is 41.7. The summed E-state index contributed by atoms with van der Waals surface area (Å²) >= 11 is 0. The van der Waals surface area contributed by atoms with Gasteiger partial charge >= 0.3 is 0 Å². The Kier molecular flexibility index (Phi) is 8.72. The fraction of sp³-hybridized carbons (Fsp3) is 0.0167. The van der Waals surface area contributed by atoms with Gasteiger partial charge in [-0.15, -0.1) is 0 Å². The van der Waals surface area contributed by atoms with Gasteiger partial charge in [-0.25, -0.2) is 15.0 Å². The van der Waals surface area contributed by atoms with Crippen molar-refractivity contribution in [3.8, 4) is 67.5 Å². The molecule has 0 spiro atoms. The van der Waals surface area contributed by atoms with Gasteiger partial charge in [-0.2, -0.15) is 0 Å². The average molecular weight is 802 g/mol. The van der Waals surface area contributed by atoms with Gasteiger partial charge in [-0.05, 0) is 83.2 Å². The topological polar surface area (TPSA) is 38.7 Å². The van der Waals surface area contributed by atoms with Gasteiger partial charge in [0.2, 0.25) is 0 Å². The summed E-state index contributed by atoms with van der Waals surface area (Å²) in [7, 11) is 0. The quantitative estimate of drug-likeness (QED) is 0.161. The lowest BCUT2D eigenvalue weighted by atomic mass is 9.66. The summed E-state index contributed by atoms with van der Waals surface area (Å²) in [6.07, 6.45) is 0. The van der Waals surface area contributed by atoms with Crippen LogP contribution in [0.1, 0.15) is 22.3 Å².